The first-order valence-corrected chi connectivity index (χ1v) is 5.43. The number of likely N-dealkylation sites (N-methyl/N-ethyl adjacent to an activating group) is 1. The summed E-state index contributed by atoms with van der Waals surface area (Å²) >= 11 is 0. The fourth-order valence-corrected chi connectivity index (χ4v) is 1.60. The first kappa shape index (κ1) is 13.0. The number of terminal acetylenes is 1. The Hall–Kier alpha value is -1.09. The van der Waals surface area contributed by atoms with E-state index in [9.17, 15) is 4.79 Å². The van der Waals surface area contributed by atoms with E-state index in [2.05, 4.69) is 16.6 Å². The Morgan fingerprint density at radius 1 is 1.75 bits per heavy atom. The maximum atomic E-state index is 11.3. The second-order valence-electron chi connectivity index (χ2n) is 3.87. The lowest BCUT2D eigenvalue weighted by molar-refractivity contribution is -0.122. The third-order valence-corrected chi connectivity index (χ3v) is 2.32. The SMILES string of the molecule is C#CCNC(=O)CN(C)CC1CNCCO1. The number of rotatable bonds is 5. The third-order valence-electron chi connectivity index (χ3n) is 2.32. The zero-order valence-corrected chi connectivity index (χ0v) is 9.66. The third kappa shape index (κ3) is 5.12. The van der Waals surface area contributed by atoms with Gasteiger partial charge in [-0.15, -0.1) is 6.42 Å². The Kier molecular flexibility index (Phi) is 5.86. The number of nitrogens with one attached hydrogen (secondary N) is 2. The molecule has 1 atom stereocenters. The summed E-state index contributed by atoms with van der Waals surface area (Å²) in [5.41, 5.74) is 0. The molecular formula is C11H19N3O2. The van der Waals surface area contributed by atoms with Crippen LogP contribution < -0.4 is 10.6 Å². The molecule has 1 rings (SSSR count). The average Bonchev–Trinajstić information content (AvgIpc) is 2.27. The minimum absolute atomic E-state index is 0.0516. The Labute approximate surface area is 96.5 Å². The molecule has 0 saturated carbocycles. The van der Waals surface area contributed by atoms with E-state index in [1.807, 2.05) is 11.9 Å². The van der Waals surface area contributed by atoms with Gasteiger partial charge in [0.05, 0.1) is 25.8 Å². The zero-order valence-electron chi connectivity index (χ0n) is 9.66. The summed E-state index contributed by atoms with van der Waals surface area (Å²) in [6.07, 6.45) is 5.22. The van der Waals surface area contributed by atoms with Crippen LogP contribution in [0.5, 0.6) is 0 Å². The van der Waals surface area contributed by atoms with E-state index in [0.717, 1.165) is 26.2 Å². The molecule has 90 valence electrons. The van der Waals surface area contributed by atoms with Gasteiger partial charge in [-0.2, -0.15) is 0 Å². The van der Waals surface area contributed by atoms with Gasteiger partial charge in [0.25, 0.3) is 0 Å². The molecule has 0 bridgehead atoms. The molecule has 0 aromatic rings. The normalized spacial score (nSPS) is 20.4. The Morgan fingerprint density at radius 3 is 3.19 bits per heavy atom. The Balaban J connectivity index is 2.16. The maximum absolute atomic E-state index is 11.3. The van der Waals surface area contributed by atoms with Crippen molar-refractivity contribution in [2.45, 2.75) is 6.10 Å². The molecule has 0 aliphatic carbocycles. The molecule has 1 aliphatic rings. The average molecular weight is 225 g/mol. The summed E-state index contributed by atoms with van der Waals surface area (Å²) in [7, 11) is 1.90. The standard InChI is InChI=1S/C11H19N3O2/c1-3-4-13-11(15)9-14(2)8-10-7-12-5-6-16-10/h1,10,12H,4-9H2,2H3,(H,13,15). The maximum Gasteiger partial charge on any atom is 0.234 e. The van der Waals surface area contributed by atoms with Crippen LogP contribution in [0.1, 0.15) is 0 Å². The first-order valence-electron chi connectivity index (χ1n) is 5.43. The van der Waals surface area contributed by atoms with Gasteiger partial charge in [-0.1, -0.05) is 5.92 Å². The summed E-state index contributed by atoms with van der Waals surface area (Å²) in [5.74, 6) is 2.32. The molecule has 1 saturated heterocycles. The van der Waals surface area contributed by atoms with Gasteiger partial charge in [0.15, 0.2) is 0 Å². The van der Waals surface area contributed by atoms with E-state index in [1.165, 1.54) is 0 Å². The van der Waals surface area contributed by atoms with E-state index >= 15 is 0 Å². The summed E-state index contributed by atoms with van der Waals surface area (Å²) in [6, 6.07) is 0. The molecule has 0 aromatic heterocycles. The number of ether oxygens (including phenoxy) is 1. The van der Waals surface area contributed by atoms with Gasteiger partial charge in [0.2, 0.25) is 5.91 Å². The van der Waals surface area contributed by atoms with Crippen LogP contribution in [-0.4, -0.2) is 63.3 Å². The second-order valence-corrected chi connectivity index (χ2v) is 3.87. The van der Waals surface area contributed by atoms with E-state index in [1.54, 1.807) is 0 Å². The second kappa shape index (κ2) is 7.23. The van der Waals surface area contributed by atoms with Crippen LogP contribution in [0, 0.1) is 12.3 Å². The van der Waals surface area contributed by atoms with Crippen LogP contribution in [0.2, 0.25) is 0 Å². The summed E-state index contributed by atoms with van der Waals surface area (Å²) < 4.78 is 5.54. The molecule has 1 unspecified atom stereocenters. The molecule has 1 heterocycles. The monoisotopic (exact) mass is 225 g/mol. The van der Waals surface area contributed by atoms with Crippen LogP contribution in [0.25, 0.3) is 0 Å². The smallest absolute Gasteiger partial charge is 0.234 e. The van der Waals surface area contributed by atoms with Gasteiger partial charge >= 0.3 is 0 Å². The van der Waals surface area contributed by atoms with Gasteiger partial charge in [-0.25, -0.2) is 0 Å². The molecule has 5 nitrogen and oxygen atoms in total. The fraction of sp³-hybridized carbons (Fsp3) is 0.727. The molecular weight excluding hydrogens is 206 g/mol. The minimum atomic E-state index is -0.0516. The molecule has 0 radical (unpaired) electrons. The number of hydrogen-bond donors (Lipinski definition) is 2. The van der Waals surface area contributed by atoms with E-state index in [4.69, 9.17) is 11.2 Å². The predicted octanol–water partition coefficient (Wildman–Crippen LogP) is -1.34. The van der Waals surface area contributed by atoms with Gasteiger partial charge in [-0.05, 0) is 7.05 Å². The molecule has 0 aromatic carbocycles. The van der Waals surface area contributed by atoms with Crippen molar-refractivity contribution in [1.29, 1.82) is 0 Å². The van der Waals surface area contributed by atoms with Crippen LogP contribution in [0.4, 0.5) is 0 Å². The first-order chi connectivity index (χ1) is 7.72. The van der Waals surface area contributed by atoms with Crippen LogP contribution in [-0.2, 0) is 9.53 Å². The molecule has 5 heteroatoms. The van der Waals surface area contributed by atoms with E-state index < -0.39 is 0 Å². The number of hydrogen-bond acceptors (Lipinski definition) is 4. The van der Waals surface area contributed by atoms with Crippen molar-refractivity contribution >= 4 is 5.91 Å². The van der Waals surface area contributed by atoms with Crippen LogP contribution >= 0.6 is 0 Å². The highest BCUT2D eigenvalue weighted by molar-refractivity contribution is 5.78. The molecule has 16 heavy (non-hydrogen) atoms. The molecule has 0 spiro atoms. The van der Waals surface area contributed by atoms with Gasteiger partial charge in [0.1, 0.15) is 0 Å². The highest BCUT2D eigenvalue weighted by Gasteiger charge is 2.16. The number of nitrogens with zero attached hydrogens (tertiary/aromatic N) is 1. The summed E-state index contributed by atoms with van der Waals surface area (Å²) in [4.78, 5) is 13.3. The van der Waals surface area contributed by atoms with E-state index in [-0.39, 0.29) is 18.6 Å². The summed E-state index contributed by atoms with van der Waals surface area (Å²) in [5, 5.41) is 5.88. The number of carbonyl (C=O) groups excluding carboxylic acids is 1. The topological polar surface area (TPSA) is 53.6 Å². The largest absolute Gasteiger partial charge is 0.374 e. The van der Waals surface area contributed by atoms with E-state index in [0.29, 0.717) is 6.54 Å². The lowest BCUT2D eigenvalue weighted by atomic mass is 10.3. The van der Waals surface area contributed by atoms with Gasteiger partial charge in [0, 0.05) is 19.6 Å². The quantitative estimate of drug-likeness (QED) is 0.568. The predicted molar refractivity (Wildman–Crippen MR) is 61.9 cm³/mol. The Bertz CT molecular complexity index is 256. The number of amides is 1. The van der Waals surface area contributed by atoms with Crippen molar-refractivity contribution in [2.24, 2.45) is 0 Å². The minimum Gasteiger partial charge on any atom is -0.374 e. The zero-order chi connectivity index (χ0) is 11.8. The van der Waals surface area contributed by atoms with Crippen molar-refractivity contribution in [2.75, 3.05) is 46.4 Å². The number of morpholine rings is 1. The molecule has 2 N–H and O–H groups in total. The molecule has 1 fully saturated rings. The summed E-state index contributed by atoms with van der Waals surface area (Å²) in [6.45, 7) is 3.87. The van der Waals surface area contributed by atoms with Crippen LogP contribution in [0.15, 0.2) is 0 Å². The highest BCUT2D eigenvalue weighted by atomic mass is 16.5. The number of carbonyl (C=O) groups is 1. The highest BCUT2D eigenvalue weighted by Crippen LogP contribution is 1.98. The molecule has 1 aliphatic heterocycles. The van der Waals surface area contributed by atoms with Crippen molar-refractivity contribution < 1.29 is 9.53 Å². The lowest BCUT2D eigenvalue weighted by Crippen LogP contribution is -2.46. The van der Waals surface area contributed by atoms with Gasteiger partial charge < -0.3 is 15.4 Å². The fourth-order valence-electron chi connectivity index (χ4n) is 1.60. The van der Waals surface area contributed by atoms with Gasteiger partial charge in [-0.3, -0.25) is 9.69 Å². The van der Waals surface area contributed by atoms with Crippen LogP contribution in [0.3, 0.4) is 0 Å². The van der Waals surface area contributed by atoms with Crippen molar-refractivity contribution in [3.8, 4) is 12.3 Å². The van der Waals surface area contributed by atoms with Crippen molar-refractivity contribution in [1.82, 2.24) is 15.5 Å². The molecule has 1 amide bonds. The lowest BCUT2D eigenvalue weighted by Gasteiger charge is -2.27. The van der Waals surface area contributed by atoms with Crippen molar-refractivity contribution in [3.05, 3.63) is 0 Å². The Morgan fingerprint density at radius 2 is 2.56 bits per heavy atom. The van der Waals surface area contributed by atoms with Crippen molar-refractivity contribution in [3.63, 3.8) is 0 Å².